The molecule has 0 N–H and O–H groups in total. The number of aromatic nitrogens is 1. The van der Waals surface area contributed by atoms with E-state index in [0.717, 1.165) is 17.1 Å². The second-order valence-electron chi connectivity index (χ2n) is 5.92. The molecule has 130 valence electrons. The van der Waals surface area contributed by atoms with E-state index in [1.807, 2.05) is 24.3 Å². The van der Waals surface area contributed by atoms with Crippen LogP contribution < -0.4 is 0 Å². The van der Waals surface area contributed by atoms with Gasteiger partial charge in [-0.1, -0.05) is 35.0 Å². The highest BCUT2D eigenvalue weighted by molar-refractivity contribution is 7.89. The first-order valence-electron chi connectivity index (χ1n) is 7.78. The van der Waals surface area contributed by atoms with Crippen molar-refractivity contribution in [1.82, 2.24) is 14.4 Å². The van der Waals surface area contributed by atoms with Gasteiger partial charge in [-0.15, -0.1) is 0 Å². The van der Waals surface area contributed by atoms with Crippen LogP contribution in [0.4, 0.5) is 0 Å². The van der Waals surface area contributed by atoms with E-state index in [2.05, 4.69) is 10.1 Å². The minimum atomic E-state index is -3.56. The summed E-state index contributed by atoms with van der Waals surface area (Å²) < 4.78 is 32.1. The van der Waals surface area contributed by atoms with Crippen molar-refractivity contribution >= 4 is 21.6 Å². The van der Waals surface area contributed by atoms with Gasteiger partial charge < -0.3 is 4.52 Å². The van der Waals surface area contributed by atoms with Gasteiger partial charge >= 0.3 is 0 Å². The van der Waals surface area contributed by atoms with Gasteiger partial charge in [-0.25, -0.2) is 8.42 Å². The van der Waals surface area contributed by atoms with Gasteiger partial charge in [0.05, 0.1) is 0 Å². The first-order chi connectivity index (χ1) is 11.4. The summed E-state index contributed by atoms with van der Waals surface area (Å²) in [7, 11) is -3.56. The van der Waals surface area contributed by atoms with Crippen LogP contribution in [-0.2, 0) is 16.6 Å². The second-order valence-corrected chi connectivity index (χ2v) is 8.21. The Labute approximate surface area is 147 Å². The van der Waals surface area contributed by atoms with Crippen LogP contribution in [-0.4, -0.2) is 49.0 Å². The third-order valence-corrected chi connectivity index (χ3v) is 6.76. The third kappa shape index (κ3) is 3.35. The molecule has 1 fully saturated rings. The molecule has 8 heteroatoms. The van der Waals surface area contributed by atoms with Gasteiger partial charge in [0.15, 0.2) is 5.76 Å². The van der Waals surface area contributed by atoms with E-state index in [9.17, 15) is 8.42 Å². The largest absolute Gasteiger partial charge is 0.360 e. The molecule has 2 aromatic rings. The van der Waals surface area contributed by atoms with Crippen molar-refractivity contribution in [3.63, 3.8) is 0 Å². The molecule has 0 saturated carbocycles. The summed E-state index contributed by atoms with van der Waals surface area (Å²) in [4.78, 5) is 2.41. The fraction of sp³-hybridized carbons (Fsp3) is 0.438. The molecule has 0 amide bonds. The lowest BCUT2D eigenvalue weighted by Gasteiger charge is -2.34. The van der Waals surface area contributed by atoms with Crippen molar-refractivity contribution in [2.45, 2.75) is 25.3 Å². The average molecular weight is 370 g/mol. The van der Waals surface area contributed by atoms with Crippen LogP contribution >= 0.6 is 11.6 Å². The van der Waals surface area contributed by atoms with Crippen LogP contribution in [0.15, 0.2) is 33.7 Å². The van der Waals surface area contributed by atoms with Gasteiger partial charge in [0.2, 0.25) is 10.0 Å². The number of sulfonamides is 1. The Hall–Kier alpha value is -1.41. The fourth-order valence-corrected chi connectivity index (χ4v) is 4.88. The van der Waals surface area contributed by atoms with E-state index in [1.54, 1.807) is 13.8 Å². The quantitative estimate of drug-likeness (QED) is 0.828. The predicted molar refractivity (Wildman–Crippen MR) is 91.5 cm³/mol. The molecule has 0 bridgehead atoms. The van der Waals surface area contributed by atoms with Crippen LogP contribution in [0.2, 0.25) is 5.02 Å². The molecule has 1 aromatic heterocycles. The monoisotopic (exact) mass is 369 g/mol. The van der Waals surface area contributed by atoms with Crippen LogP contribution in [0.3, 0.4) is 0 Å². The Morgan fingerprint density at radius 2 is 1.83 bits per heavy atom. The third-order valence-electron chi connectivity index (χ3n) is 4.25. The number of aryl methyl sites for hydroxylation is 2. The minimum absolute atomic E-state index is 0.196. The molecule has 24 heavy (non-hydrogen) atoms. The molecule has 0 spiro atoms. The van der Waals surface area contributed by atoms with Crippen molar-refractivity contribution in [2.24, 2.45) is 0 Å². The molecule has 1 saturated heterocycles. The molecule has 0 aliphatic carbocycles. The summed E-state index contributed by atoms with van der Waals surface area (Å²) in [6, 6.07) is 7.73. The number of halogens is 1. The zero-order chi connectivity index (χ0) is 17.3. The van der Waals surface area contributed by atoms with Gasteiger partial charge in [0.25, 0.3) is 0 Å². The smallest absolute Gasteiger partial charge is 0.248 e. The summed E-state index contributed by atoms with van der Waals surface area (Å²) in [5, 5.41) is 4.49. The molecular formula is C16H20ClN3O3S. The van der Waals surface area contributed by atoms with E-state index in [4.69, 9.17) is 16.1 Å². The average Bonchev–Trinajstić information content (AvgIpc) is 2.89. The highest BCUT2D eigenvalue weighted by Crippen LogP contribution is 2.25. The number of hydrogen-bond acceptors (Lipinski definition) is 5. The van der Waals surface area contributed by atoms with E-state index in [1.165, 1.54) is 4.31 Å². The Morgan fingerprint density at radius 3 is 2.42 bits per heavy atom. The first kappa shape index (κ1) is 17.4. The molecule has 0 atom stereocenters. The lowest BCUT2D eigenvalue weighted by Crippen LogP contribution is -2.48. The molecular weight excluding hydrogens is 350 g/mol. The summed E-state index contributed by atoms with van der Waals surface area (Å²) in [6.45, 7) is 6.20. The van der Waals surface area contributed by atoms with E-state index in [-0.39, 0.29) is 4.90 Å². The molecule has 3 rings (SSSR count). The van der Waals surface area contributed by atoms with E-state index in [0.29, 0.717) is 37.6 Å². The lowest BCUT2D eigenvalue weighted by atomic mass is 10.2. The molecule has 2 heterocycles. The standard InChI is InChI=1S/C16H20ClN3O3S/c1-12-16(13(2)23-18-12)24(21,22)20-9-7-19(8-10-20)11-14-5-3-4-6-15(14)17/h3-6H,7-11H2,1-2H3. The predicted octanol–water partition coefficient (Wildman–Crippen LogP) is 2.45. The molecule has 1 aliphatic rings. The van der Waals surface area contributed by atoms with Crippen molar-refractivity contribution in [1.29, 1.82) is 0 Å². The van der Waals surface area contributed by atoms with Crippen molar-refractivity contribution in [3.8, 4) is 0 Å². The number of rotatable bonds is 4. The molecule has 0 radical (unpaired) electrons. The summed E-state index contributed by atoms with van der Waals surface area (Å²) in [5.74, 6) is 0.339. The maximum Gasteiger partial charge on any atom is 0.248 e. The zero-order valence-electron chi connectivity index (χ0n) is 13.7. The van der Waals surface area contributed by atoms with Crippen molar-refractivity contribution < 1.29 is 12.9 Å². The summed E-state index contributed by atoms with van der Waals surface area (Å²) >= 11 is 6.20. The Morgan fingerprint density at radius 1 is 1.17 bits per heavy atom. The minimum Gasteiger partial charge on any atom is -0.360 e. The first-order valence-corrected chi connectivity index (χ1v) is 9.60. The van der Waals surface area contributed by atoms with Gasteiger partial charge in [-0.3, -0.25) is 4.90 Å². The van der Waals surface area contributed by atoms with Crippen LogP contribution in [0.25, 0.3) is 0 Å². The van der Waals surface area contributed by atoms with Gasteiger partial charge in [0, 0.05) is 37.7 Å². The maximum atomic E-state index is 12.8. The highest BCUT2D eigenvalue weighted by Gasteiger charge is 2.33. The number of hydrogen-bond donors (Lipinski definition) is 0. The summed E-state index contributed by atoms with van der Waals surface area (Å²) in [5.41, 5.74) is 1.46. The number of piperazine rings is 1. The Kier molecular flexibility index (Phi) is 4.96. The summed E-state index contributed by atoms with van der Waals surface area (Å²) in [6.07, 6.45) is 0. The van der Waals surface area contributed by atoms with Crippen LogP contribution in [0, 0.1) is 13.8 Å². The van der Waals surface area contributed by atoms with Gasteiger partial charge in [-0.2, -0.15) is 4.31 Å². The normalized spacial score (nSPS) is 17.3. The SMILES string of the molecule is Cc1noc(C)c1S(=O)(=O)N1CCN(Cc2ccccc2Cl)CC1. The van der Waals surface area contributed by atoms with Crippen molar-refractivity contribution in [2.75, 3.05) is 26.2 Å². The topological polar surface area (TPSA) is 66.7 Å². The van der Waals surface area contributed by atoms with Crippen molar-refractivity contribution in [3.05, 3.63) is 46.3 Å². The molecule has 6 nitrogen and oxygen atoms in total. The number of benzene rings is 1. The zero-order valence-corrected chi connectivity index (χ0v) is 15.3. The second kappa shape index (κ2) is 6.84. The maximum absolute atomic E-state index is 12.8. The highest BCUT2D eigenvalue weighted by atomic mass is 35.5. The van der Waals surface area contributed by atoms with Crippen LogP contribution in [0.1, 0.15) is 17.0 Å². The molecule has 0 unspecified atom stereocenters. The number of nitrogens with zero attached hydrogens (tertiary/aromatic N) is 3. The van der Waals surface area contributed by atoms with E-state index < -0.39 is 10.0 Å². The Balaban J connectivity index is 1.68. The Bertz CT molecular complexity index is 807. The molecule has 1 aliphatic heterocycles. The van der Waals surface area contributed by atoms with Crippen LogP contribution in [0.5, 0.6) is 0 Å². The lowest BCUT2D eigenvalue weighted by molar-refractivity contribution is 0.181. The van der Waals surface area contributed by atoms with Gasteiger partial charge in [0.1, 0.15) is 10.6 Å². The fourth-order valence-electron chi connectivity index (χ4n) is 2.97. The molecule has 1 aromatic carbocycles. The van der Waals surface area contributed by atoms with E-state index >= 15 is 0 Å². The van der Waals surface area contributed by atoms with Gasteiger partial charge in [-0.05, 0) is 25.5 Å².